The number of nitrogens with zero attached hydrogens (tertiary/aromatic N) is 1. The fraction of sp³-hybridized carbons (Fsp3) is 0.357. The number of phenolic OH excluding ortho intramolecular Hbond substituents is 1. The summed E-state index contributed by atoms with van der Waals surface area (Å²) in [5.74, 6) is 0.264. The molecular weight excluding hydrogens is 212 g/mol. The Morgan fingerprint density at radius 1 is 1.24 bits per heavy atom. The van der Waals surface area contributed by atoms with E-state index in [9.17, 15) is 5.11 Å². The third-order valence-corrected chi connectivity index (χ3v) is 3.47. The first-order valence-corrected chi connectivity index (χ1v) is 6.16. The number of phenols is 1. The molecule has 17 heavy (non-hydrogen) atoms. The van der Waals surface area contributed by atoms with Crippen molar-refractivity contribution in [3.63, 3.8) is 0 Å². The lowest BCUT2D eigenvalue weighted by atomic mass is 9.94. The molecule has 1 fully saturated rings. The Kier molecular flexibility index (Phi) is 2.69. The van der Waals surface area contributed by atoms with Crippen molar-refractivity contribution in [1.29, 1.82) is 0 Å². The standard InChI is InChI=1S/C14H16N2O/c17-13-7-6-10(12-5-1-2-8-15-12)11-4-3-9-16-14(11)13/h3-4,6-7,9,12,15,17H,1-2,5,8H2. The highest BCUT2D eigenvalue weighted by molar-refractivity contribution is 5.87. The number of nitrogens with one attached hydrogen (secondary N) is 1. The highest BCUT2D eigenvalue weighted by atomic mass is 16.3. The molecule has 1 atom stereocenters. The molecule has 3 heteroatoms. The summed E-state index contributed by atoms with van der Waals surface area (Å²) in [6, 6.07) is 8.13. The van der Waals surface area contributed by atoms with Gasteiger partial charge in [-0.05, 0) is 37.1 Å². The molecule has 2 aromatic rings. The molecule has 2 N–H and O–H groups in total. The molecule has 1 aliphatic heterocycles. The van der Waals surface area contributed by atoms with Crippen LogP contribution in [0.2, 0.25) is 0 Å². The largest absolute Gasteiger partial charge is 0.506 e. The number of rotatable bonds is 1. The van der Waals surface area contributed by atoms with Crippen LogP contribution in [0.15, 0.2) is 30.5 Å². The average Bonchev–Trinajstić information content (AvgIpc) is 2.41. The van der Waals surface area contributed by atoms with Crippen LogP contribution in [0.5, 0.6) is 5.75 Å². The smallest absolute Gasteiger partial charge is 0.141 e. The molecule has 1 aliphatic rings. The van der Waals surface area contributed by atoms with Crippen LogP contribution in [0.1, 0.15) is 30.9 Å². The van der Waals surface area contributed by atoms with Crippen LogP contribution in [0.4, 0.5) is 0 Å². The van der Waals surface area contributed by atoms with E-state index in [0.717, 1.165) is 18.4 Å². The van der Waals surface area contributed by atoms with E-state index in [1.54, 1.807) is 12.3 Å². The first kappa shape index (κ1) is 10.5. The van der Waals surface area contributed by atoms with Crippen LogP contribution in [0.25, 0.3) is 10.9 Å². The van der Waals surface area contributed by atoms with Gasteiger partial charge in [-0.1, -0.05) is 18.6 Å². The monoisotopic (exact) mass is 228 g/mol. The summed E-state index contributed by atoms with van der Waals surface area (Å²) in [5.41, 5.74) is 1.96. The quantitative estimate of drug-likeness (QED) is 0.789. The number of benzene rings is 1. The fourth-order valence-electron chi connectivity index (χ4n) is 2.60. The minimum atomic E-state index is 0.264. The number of piperidine rings is 1. The summed E-state index contributed by atoms with van der Waals surface area (Å²) in [6.07, 6.45) is 5.40. The molecule has 3 nitrogen and oxygen atoms in total. The number of pyridine rings is 1. The molecule has 1 unspecified atom stereocenters. The number of fused-ring (bicyclic) bond motifs is 1. The molecular formula is C14H16N2O. The van der Waals surface area contributed by atoms with Gasteiger partial charge in [-0.2, -0.15) is 0 Å². The SMILES string of the molecule is Oc1ccc(C2CCCCN2)c2cccnc12. The van der Waals surface area contributed by atoms with Crippen LogP contribution in [0.3, 0.4) is 0 Å². The first-order valence-electron chi connectivity index (χ1n) is 6.16. The average molecular weight is 228 g/mol. The van der Waals surface area contributed by atoms with Crippen molar-refractivity contribution >= 4 is 10.9 Å². The molecule has 0 aliphatic carbocycles. The second-order valence-corrected chi connectivity index (χ2v) is 4.58. The van der Waals surface area contributed by atoms with E-state index in [4.69, 9.17) is 0 Å². The van der Waals surface area contributed by atoms with E-state index in [1.165, 1.54) is 18.4 Å². The zero-order valence-corrected chi connectivity index (χ0v) is 9.69. The number of hydrogen-bond donors (Lipinski definition) is 2. The van der Waals surface area contributed by atoms with Crippen LogP contribution in [-0.4, -0.2) is 16.6 Å². The number of hydrogen-bond acceptors (Lipinski definition) is 3. The van der Waals surface area contributed by atoms with Gasteiger partial charge in [-0.25, -0.2) is 0 Å². The van der Waals surface area contributed by atoms with Gasteiger partial charge in [-0.15, -0.1) is 0 Å². The van der Waals surface area contributed by atoms with E-state index >= 15 is 0 Å². The van der Waals surface area contributed by atoms with Crippen LogP contribution in [0, 0.1) is 0 Å². The van der Waals surface area contributed by atoms with E-state index < -0.39 is 0 Å². The Bertz CT molecular complexity index is 533. The molecule has 2 heterocycles. The Morgan fingerprint density at radius 2 is 2.18 bits per heavy atom. The van der Waals surface area contributed by atoms with Crippen molar-refractivity contribution in [2.24, 2.45) is 0 Å². The second kappa shape index (κ2) is 4.34. The van der Waals surface area contributed by atoms with Gasteiger partial charge in [0.1, 0.15) is 11.3 Å². The third-order valence-electron chi connectivity index (χ3n) is 3.47. The Hall–Kier alpha value is -1.61. The summed E-state index contributed by atoms with van der Waals surface area (Å²) < 4.78 is 0. The van der Waals surface area contributed by atoms with Gasteiger partial charge in [0.2, 0.25) is 0 Å². The van der Waals surface area contributed by atoms with Crippen molar-refractivity contribution in [1.82, 2.24) is 10.3 Å². The van der Waals surface area contributed by atoms with E-state index in [0.29, 0.717) is 11.6 Å². The molecule has 1 aromatic heterocycles. The predicted molar refractivity (Wildman–Crippen MR) is 68.0 cm³/mol. The van der Waals surface area contributed by atoms with E-state index in [1.807, 2.05) is 18.2 Å². The maximum atomic E-state index is 9.81. The van der Waals surface area contributed by atoms with Gasteiger partial charge in [0.05, 0.1) is 0 Å². The minimum Gasteiger partial charge on any atom is -0.506 e. The molecule has 3 rings (SSSR count). The van der Waals surface area contributed by atoms with Crippen LogP contribution >= 0.6 is 0 Å². The molecule has 0 saturated carbocycles. The van der Waals surface area contributed by atoms with Gasteiger partial charge >= 0.3 is 0 Å². The highest BCUT2D eigenvalue weighted by Gasteiger charge is 2.17. The molecule has 88 valence electrons. The fourth-order valence-corrected chi connectivity index (χ4v) is 2.60. The lowest BCUT2D eigenvalue weighted by Gasteiger charge is -2.25. The zero-order chi connectivity index (χ0) is 11.7. The van der Waals surface area contributed by atoms with Gasteiger partial charge in [0, 0.05) is 17.6 Å². The Balaban J connectivity index is 2.12. The van der Waals surface area contributed by atoms with Gasteiger partial charge in [0.15, 0.2) is 0 Å². The van der Waals surface area contributed by atoms with Gasteiger partial charge in [-0.3, -0.25) is 4.98 Å². The predicted octanol–water partition coefficient (Wildman–Crippen LogP) is 2.76. The van der Waals surface area contributed by atoms with E-state index in [2.05, 4.69) is 10.3 Å². The highest BCUT2D eigenvalue weighted by Crippen LogP contribution is 2.32. The zero-order valence-electron chi connectivity index (χ0n) is 9.69. The summed E-state index contributed by atoms with van der Waals surface area (Å²) >= 11 is 0. The minimum absolute atomic E-state index is 0.264. The van der Waals surface area contributed by atoms with Crippen molar-refractivity contribution in [3.05, 3.63) is 36.0 Å². The summed E-state index contributed by atoms with van der Waals surface area (Å²) in [4.78, 5) is 4.26. The molecule has 0 radical (unpaired) electrons. The normalized spacial score (nSPS) is 20.6. The topological polar surface area (TPSA) is 45.1 Å². The van der Waals surface area contributed by atoms with Gasteiger partial charge in [0.25, 0.3) is 0 Å². The van der Waals surface area contributed by atoms with Crippen molar-refractivity contribution in [2.75, 3.05) is 6.54 Å². The second-order valence-electron chi connectivity index (χ2n) is 4.58. The van der Waals surface area contributed by atoms with Crippen molar-refractivity contribution < 1.29 is 5.11 Å². The molecule has 0 spiro atoms. The Labute approximate surface area is 100 Å². The molecule has 1 saturated heterocycles. The van der Waals surface area contributed by atoms with Crippen molar-refractivity contribution in [2.45, 2.75) is 25.3 Å². The van der Waals surface area contributed by atoms with Gasteiger partial charge < -0.3 is 10.4 Å². The lowest BCUT2D eigenvalue weighted by Crippen LogP contribution is -2.26. The van der Waals surface area contributed by atoms with E-state index in [-0.39, 0.29) is 5.75 Å². The van der Waals surface area contributed by atoms with Crippen LogP contribution in [-0.2, 0) is 0 Å². The third kappa shape index (κ3) is 1.87. The first-order chi connectivity index (χ1) is 8.36. The maximum Gasteiger partial charge on any atom is 0.141 e. The summed E-state index contributed by atoms with van der Waals surface area (Å²) in [7, 11) is 0. The summed E-state index contributed by atoms with van der Waals surface area (Å²) in [5, 5.41) is 14.4. The summed E-state index contributed by atoms with van der Waals surface area (Å²) in [6.45, 7) is 1.08. The molecule has 1 aromatic carbocycles. The maximum absolute atomic E-state index is 9.81. The molecule has 0 bridgehead atoms. The number of aromatic hydroxyl groups is 1. The number of aromatic nitrogens is 1. The van der Waals surface area contributed by atoms with Crippen molar-refractivity contribution in [3.8, 4) is 5.75 Å². The molecule has 0 amide bonds. The lowest BCUT2D eigenvalue weighted by molar-refractivity contribution is 0.414. The Morgan fingerprint density at radius 3 is 3.00 bits per heavy atom. The van der Waals surface area contributed by atoms with Crippen LogP contribution < -0.4 is 5.32 Å².